The molecule has 3 N–H and O–H groups in total. The number of fused-ring (bicyclic) bond motifs is 5. The second kappa shape index (κ2) is 8.03. The second-order valence-electron chi connectivity index (χ2n) is 12.9. The van der Waals surface area contributed by atoms with E-state index in [2.05, 4.69) is 34.6 Å². The minimum atomic E-state index is -1.11. The molecule has 4 aliphatic carbocycles. The number of hydrogen-bond acceptors (Lipinski definition) is 3. The van der Waals surface area contributed by atoms with E-state index in [9.17, 15) is 15.3 Å². The van der Waals surface area contributed by atoms with Gasteiger partial charge in [0, 0.05) is 11.8 Å². The van der Waals surface area contributed by atoms with Gasteiger partial charge < -0.3 is 15.3 Å². The van der Waals surface area contributed by atoms with Gasteiger partial charge in [-0.15, -0.1) is 0 Å². The van der Waals surface area contributed by atoms with Crippen LogP contribution in [0.4, 0.5) is 0 Å². The molecule has 4 fully saturated rings. The molecule has 0 spiro atoms. The van der Waals surface area contributed by atoms with Crippen molar-refractivity contribution in [3.8, 4) is 0 Å². The van der Waals surface area contributed by atoms with Crippen molar-refractivity contribution in [2.24, 2.45) is 46.3 Å². The van der Waals surface area contributed by atoms with Gasteiger partial charge in [0.25, 0.3) is 0 Å². The summed E-state index contributed by atoms with van der Waals surface area (Å²) in [5, 5.41) is 33.0. The van der Waals surface area contributed by atoms with Crippen LogP contribution in [0.15, 0.2) is 0 Å². The minimum Gasteiger partial charge on any atom is -0.393 e. The molecule has 0 amide bonds. The highest BCUT2D eigenvalue weighted by molar-refractivity contribution is 5.17. The highest BCUT2D eigenvalue weighted by Crippen LogP contribution is 2.69. The van der Waals surface area contributed by atoms with Crippen LogP contribution in [0.5, 0.6) is 0 Å². The molecule has 3 nitrogen and oxygen atoms in total. The van der Waals surface area contributed by atoms with E-state index in [1.54, 1.807) is 0 Å². The van der Waals surface area contributed by atoms with Crippen LogP contribution >= 0.6 is 0 Å². The molecule has 0 aromatic rings. The maximum absolute atomic E-state index is 11.6. The molecule has 0 aliphatic heterocycles. The van der Waals surface area contributed by atoms with E-state index in [-0.39, 0.29) is 5.41 Å². The first kappa shape index (κ1) is 23.1. The Hall–Kier alpha value is -0.120. The van der Waals surface area contributed by atoms with Gasteiger partial charge >= 0.3 is 0 Å². The molecular formula is C27H48O3. The van der Waals surface area contributed by atoms with Gasteiger partial charge in [0.05, 0.1) is 17.8 Å². The molecule has 174 valence electrons. The topological polar surface area (TPSA) is 60.7 Å². The Labute approximate surface area is 185 Å². The molecule has 0 saturated heterocycles. The Bertz CT molecular complexity index is 619. The van der Waals surface area contributed by atoms with Gasteiger partial charge in [0.2, 0.25) is 0 Å². The van der Waals surface area contributed by atoms with Crippen molar-refractivity contribution in [2.45, 2.75) is 123 Å². The fourth-order valence-corrected chi connectivity index (χ4v) is 9.29. The summed E-state index contributed by atoms with van der Waals surface area (Å²) in [6.45, 7) is 12.0. The molecule has 3 unspecified atom stereocenters. The predicted molar refractivity (Wildman–Crippen MR) is 122 cm³/mol. The first-order valence-corrected chi connectivity index (χ1v) is 13.1. The van der Waals surface area contributed by atoms with Crippen LogP contribution in [0, 0.1) is 46.3 Å². The summed E-state index contributed by atoms with van der Waals surface area (Å²) in [4.78, 5) is 0. The largest absolute Gasteiger partial charge is 0.393 e. The van der Waals surface area contributed by atoms with E-state index < -0.39 is 17.8 Å². The van der Waals surface area contributed by atoms with Crippen LogP contribution in [0.2, 0.25) is 0 Å². The van der Waals surface area contributed by atoms with Crippen molar-refractivity contribution in [2.75, 3.05) is 0 Å². The van der Waals surface area contributed by atoms with Gasteiger partial charge in [-0.25, -0.2) is 0 Å². The second-order valence-corrected chi connectivity index (χ2v) is 12.9. The summed E-state index contributed by atoms with van der Waals surface area (Å²) in [7, 11) is 0. The molecule has 0 radical (unpaired) electrons. The van der Waals surface area contributed by atoms with Crippen molar-refractivity contribution in [1.82, 2.24) is 0 Å². The zero-order valence-corrected chi connectivity index (χ0v) is 20.2. The average molecular weight is 421 g/mol. The molecule has 3 heteroatoms. The predicted octanol–water partition coefficient (Wildman–Crippen LogP) is 5.55. The van der Waals surface area contributed by atoms with E-state index in [1.807, 2.05) is 0 Å². The molecule has 4 rings (SSSR count). The zero-order chi connectivity index (χ0) is 21.9. The zero-order valence-electron chi connectivity index (χ0n) is 20.2. The Morgan fingerprint density at radius 2 is 1.63 bits per heavy atom. The number of aliphatic hydroxyl groups is 3. The molecule has 0 aromatic carbocycles. The van der Waals surface area contributed by atoms with Gasteiger partial charge in [-0.05, 0) is 85.9 Å². The summed E-state index contributed by atoms with van der Waals surface area (Å²) < 4.78 is 0. The van der Waals surface area contributed by atoms with Gasteiger partial charge in [-0.3, -0.25) is 0 Å². The summed E-state index contributed by atoms with van der Waals surface area (Å²) in [5.41, 5.74) is -0.962. The SMILES string of the molecule is CC(C)CCC[C@H](C)C1CC[C@H]2C3C[C@@H](O)[C@@]4(O)C[C@@H](O)CC[C@]4(C)C3CC[C@]12C. The highest BCUT2D eigenvalue weighted by atomic mass is 16.3. The molecule has 30 heavy (non-hydrogen) atoms. The van der Waals surface area contributed by atoms with E-state index in [1.165, 1.54) is 44.9 Å². The first-order valence-electron chi connectivity index (χ1n) is 13.1. The smallest absolute Gasteiger partial charge is 0.0985 e. The summed E-state index contributed by atoms with van der Waals surface area (Å²) >= 11 is 0. The average Bonchev–Trinajstić information content (AvgIpc) is 3.01. The maximum Gasteiger partial charge on any atom is 0.0985 e. The molecule has 0 heterocycles. The van der Waals surface area contributed by atoms with Gasteiger partial charge in [-0.1, -0.05) is 53.9 Å². The van der Waals surface area contributed by atoms with Crippen LogP contribution in [-0.2, 0) is 0 Å². The van der Waals surface area contributed by atoms with Crippen molar-refractivity contribution < 1.29 is 15.3 Å². The summed E-state index contributed by atoms with van der Waals surface area (Å²) in [6.07, 6.45) is 10.7. The Kier molecular flexibility index (Phi) is 6.17. The minimum absolute atomic E-state index is 0.253. The fourth-order valence-electron chi connectivity index (χ4n) is 9.29. The molecule has 4 aliphatic rings. The highest BCUT2D eigenvalue weighted by Gasteiger charge is 2.67. The summed E-state index contributed by atoms with van der Waals surface area (Å²) in [5.74, 6) is 4.13. The van der Waals surface area contributed by atoms with E-state index >= 15 is 0 Å². The molecule has 0 aromatic heterocycles. The van der Waals surface area contributed by atoms with Gasteiger partial charge in [0.15, 0.2) is 0 Å². The third-order valence-corrected chi connectivity index (χ3v) is 11.0. The first-order chi connectivity index (χ1) is 14.0. The van der Waals surface area contributed by atoms with Crippen molar-refractivity contribution in [3.63, 3.8) is 0 Å². The molecule has 10 atom stereocenters. The standard InChI is InChI=1S/C27H48O3/c1-17(2)7-6-8-18(3)21-9-10-22-20-15-24(29)27(30)16-19(28)11-14-26(27,5)23(20)12-13-25(21,22)4/h17-24,28-30H,6-16H2,1-5H3/t18-,19-,20?,21?,22-,23?,24+,25+,26+,27-/m0/s1. The van der Waals surface area contributed by atoms with E-state index in [0.717, 1.165) is 37.0 Å². The molecule has 0 bridgehead atoms. The summed E-state index contributed by atoms with van der Waals surface area (Å²) in [6, 6.07) is 0. The lowest BCUT2D eigenvalue weighted by atomic mass is 9.42. The number of rotatable bonds is 5. The quantitative estimate of drug-likeness (QED) is 0.546. The third-order valence-electron chi connectivity index (χ3n) is 11.0. The number of aliphatic hydroxyl groups excluding tert-OH is 2. The van der Waals surface area contributed by atoms with Crippen molar-refractivity contribution in [1.29, 1.82) is 0 Å². The molecule has 4 saturated carbocycles. The van der Waals surface area contributed by atoms with Crippen LogP contribution in [0.25, 0.3) is 0 Å². The van der Waals surface area contributed by atoms with Crippen LogP contribution in [0.1, 0.15) is 105 Å². The van der Waals surface area contributed by atoms with Crippen molar-refractivity contribution >= 4 is 0 Å². The molecular weight excluding hydrogens is 372 g/mol. The van der Waals surface area contributed by atoms with E-state index in [0.29, 0.717) is 29.6 Å². The Balaban J connectivity index is 1.53. The maximum atomic E-state index is 11.6. The fraction of sp³-hybridized carbons (Fsp3) is 1.00. The van der Waals surface area contributed by atoms with Gasteiger partial charge in [-0.2, -0.15) is 0 Å². The Morgan fingerprint density at radius 1 is 0.900 bits per heavy atom. The Morgan fingerprint density at radius 3 is 2.33 bits per heavy atom. The van der Waals surface area contributed by atoms with E-state index in [4.69, 9.17) is 0 Å². The third kappa shape index (κ3) is 3.41. The van der Waals surface area contributed by atoms with Crippen LogP contribution in [-0.4, -0.2) is 33.1 Å². The number of hydrogen-bond donors (Lipinski definition) is 3. The van der Waals surface area contributed by atoms with Gasteiger partial charge in [0.1, 0.15) is 0 Å². The van der Waals surface area contributed by atoms with Crippen LogP contribution < -0.4 is 0 Å². The van der Waals surface area contributed by atoms with Crippen molar-refractivity contribution in [3.05, 3.63) is 0 Å². The monoisotopic (exact) mass is 420 g/mol. The lowest BCUT2D eigenvalue weighted by Crippen LogP contribution is -2.68. The lowest BCUT2D eigenvalue weighted by Gasteiger charge is -2.65. The van der Waals surface area contributed by atoms with Crippen LogP contribution in [0.3, 0.4) is 0 Å². The lowest BCUT2D eigenvalue weighted by molar-refractivity contribution is -0.264. The normalized spacial score (nSPS) is 51.9.